The summed E-state index contributed by atoms with van der Waals surface area (Å²) in [6, 6.07) is -0.999. The summed E-state index contributed by atoms with van der Waals surface area (Å²) in [4.78, 5) is 61.1. The lowest BCUT2D eigenvalue weighted by Crippen LogP contribution is -2.64. The molecule has 8 heteroatoms. The smallest absolute Gasteiger partial charge is 0.211 e. The lowest BCUT2D eigenvalue weighted by atomic mass is 9.46. The SMILES string of the molecule is CC1(C)CC(C)(CN=C=O)CC(N=C=O)(C2(C)C(N=C=O)CCCC2N=C=O)C1. The maximum Gasteiger partial charge on any atom is 0.235 e. The molecule has 0 aromatic heterocycles. The van der Waals surface area contributed by atoms with E-state index in [9.17, 15) is 19.2 Å². The van der Waals surface area contributed by atoms with E-state index in [1.54, 1.807) is 24.3 Å². The summed E-state index contributed by atoms with van der Waals surface area (Å²) in [5.41, 5.74) is -2.57. The van der Waals surface area contributed by atoms with Crippen LogP contribution in [-0.4, -0.2) is 48.5 Å². The maximum atomic E-state index is 11.6. The van der Waals surface area contributed by atoms with Gasteiger partial charge in [-0.1, -0.05) is 27.7 Å². The van der Waals surface area contributed by atoms with Gasteiger partial charge in [0, 0.05) is 5.41 Å². The van der Waals surface area contributed by atoms with Crippen molar-refractivity contribution >= 4 is 24.3 Å². The number of hydrogen-bond donors (Lipinski definition) is 0. The van der Waals surface area contributed by atoms with Gasteiger partial charge in [-0.25, -0.2) is 34.2 Å². The average molecular weight is 400 g/mol. The second-order valence-electron chi connectivity index (χ2n) is 9.83. The molecule has 0 spiro atoms. The average Bonchev–Trinajstić information content (AvgIpc) is 2.62. The van der Waals surface area contributed by atoms with Crippen LogP contribution in [0.15, 0.2) is 20.0 Å². The van der Waals surface area contributed by atoms with Gasteiger partial charge in [0.05, 0.1) is 24.2 Å². The van der Waals surface area contributed by atoms with E-state index in [-0.39, 0.29) is 12.0 Å². The third-order valence-electron chi connectivity index (χ3n) is 6.94. The van der Waals surface area contributed by atoms with Gasteiger partial charge in [-0.2, -0.15) is 4.99 Å². The van der Waals surface area contributed by atoms with Crippen molar-refractivity contribution in [2.24, 2.45) is 36.2 Å². The van der Waals surface area contributed by atoms with Gasteiger partial charge in [-0.3, -0.25) is 0 Å². The van der Waals surface area contributed by atoms with Crippen LogP contribution in [0.4, 0.5) is 0 Å². The third-order valence-corrected chi connectivity index (χ3v) is 6.94. The molecule has 0 aromatic carbocycles. The van der Waals surface area contributed by atoms with Crippen LogP contribution in [0, 0.1) is 16.2 Å². The van der Waals surface area contributed by atoms with Gasteiger partial charge in [0.1, 0.15) is 0 Å². The zero-order valence-corrected chi connectivity index (χ0v) is 17.5. The molecule has 0 aromatic rings. The fourth-order valence-electron chi connectivity index (χ4n) is 6.31. The molecular formula is C21H28N4O4. The molecule has 2 aliphatic carbocycles. The van der Waals surface area contributed by atoms with Crippen LogP contribution in [0.3, 0.4) is 0 Å². The van der Waals surface area contributed by atoms with Crippen molar-refractivity contribution in [1.29, 1.82) is 0 Å². The predicted molar refractivity (Wildman–Crippen MR) is 105 cm³/mol. The number of nitrogens with zero attached hydrogens (tertiary/aromatic N) is 4. The highest BCUT2D eigenvalue weighted by Crippen LogP contribution is 2.62. The molecule has 156 valence electrons. The van der Waals surface area contributed by atoms with Crippen LogP contribution >= 0.6 is 0 Å². The highest BCUT2D eigenvalue weighted by atomic mass is 16.1. The van der Waals surface area contributed by atoms with Crippen molar-refractivity contribution in [1.82, 2.24) is 0 Å². The van der Waals surface area contributed by atoms with Gasteiger partial charge in [0.2, 0.25) is 24.3 Å². The largest absolute Gasteiger partial charge is 0.235 e. The van der Waals surface area contributed by atoms with Gasteiger partial charge in [0.15, 0.2) is 0 Å². The Morgan fingerprint density at radius 2 is 1.38 bits per heavy atom. The summed E-state index contributed by atoms with van der Waals surface area (Å²) in [6.45, 7) is 8.30. The molecule has 0 N–H and O–H groups in total. The van der Waals surface area contributed by atoms with Gasteiger partial charge in [0.25, 0.3) is 0 Å². The highest BCUT2D eigenvalue weighted by Gasteiger charge is 2.64. The molecule has 2 aliphatic rings. The summed E-state index contributed by atoms with van der Waals surface area (Å²) in [5.74, 6) is 0. The van der Waals surface area contributed by atoms with Crippen molar-refractivity contribution in [3.8, 4) is 0 Å². The molecule has 29 heavy (non-hydrogen) atoms. The first kappa shape index (κ1) is 22.8. The minimum Gasteiger partial charge on any atom is -0.211 e. The van der Waals surface area contributed by atoms with E-state index in [0.717, 1.165) is 12.8 Å². The van der Waals surface area contributed by atoms with Crippen LogP contribution in [0.25, 0.3) is 0 Å². The van der Waals surface area contributed by atoms with Crippen LogP contribution in [-0.2, 0) is 19.2 Å². The number of hydrogen-bond acceptors (Lipinski definition) is 8. The quantitative estimate of drug-likeness (QED) is 0.502. The predicted octanol–water partition coefficient (Wildman–Crippen LogP) is 3.21. The van der Waals surface area contributed by atoms with E-state index in [4.69, 9.17) is 0 Å². The molecule has 2 fully saturated rings. The zero-order valence-electron chi connectivity index (χ0n) is 17.5. The summed E-state index contributed by atoms with van der Waals surface area (Å²) < 4.78 is 0. The summed E-state index contributed by atoms with van der Waals surface area (Å²) in [6.07, 6.45) is 10.3. The molecule has 0 amide bonds. The molecule has 0 bridgehead atoms. The molecule has 8 nitrogen and oxygen atoms in total. The first-order chi connectivity index (χ1) is 13.6. The molecule has 0 saturated heterocycles. The normalized spacial score (nSPS) is 38.3. The van der Waals surface area contributed by atoms with Gasteiger partial charge in [-0.05, 0) is 49.4 Å². The van der Waals surface area contributed by atoms with Gasteiger partial charge < -0.3 is 0 Å². The third kappa shape index (κ3) is 4.27. The number of aliphatic imine (C=N–C) groups is 4. The Morgan fingerprint density at radius 3 is 1.86 bits per heavy atom. The fraction of sp³-hybridized carbons (Fsp3) is 0.810. The standard InChI is InChI=1S/C21H28N4O4/c1-18(2)8-19(3,11-22-12-26)10-21(9-18,25-15-29)20(4)16(23-13-27)6-5-7-17(20)24-14-28/h16-17H,5-11H2,1-4H3. The van der Waals surface area contributed by atoms with Gasteiger partial charge >= 0.3 is 0 Å². The summed E-state index contributed by atoms with van der Waals surface area (Å²) >= 11 is 0. The Bertz CT molecular complexity index is 804. The summed E-state index contributed by atoms with van der Waals surface area (Å²) in [7, 11) is 0. The van der Waals surface area contributed by atoms with E-state index in [1.165, 1.54) is 0 Å². The molecule has 4 atom stereocenters. The molecule has 2 rings (SSSR count). The Labute approximate surface area is 170 Å². The van der Waals surface area contributed by atoms with Gasteiger partial charge in [-0.15, -0.1) is 0 Å². The molecule has 4 unspecified atom stereocenters. The molecular weight excluding hydrogens is 372 g/mol. The molecule has 0 aliphatic heterocycles. The first-order valence-corrected chi connectivity index (χ1v) is 9.89. The first-order valence-electron chi connectivity index (χ1n) is 9.89. The topological polar surface area (TPSA) is 118 Å². The van der Waals surface area contributed by atoms with Crippen LogP contribution in [0.1, 0.15) is 66.2 Å². The fourth-order valence-corrected chi connectivity index (χ4v) is 6.31. The van der Waals surface area contributed by atoms with E-state index in [1.807, 2.05) is 13.8 Å². The zero-order chi connectivity index (χ0) is 21.8. The Hall–Kier alpha value is -2.48. The maximum absolute atomic E-state index is 11.6. The second-order valence-corrected chi connectivity index (χ2v) is 9.83. The van der Waals surface area contributed by atoms with Crippen molar-refractivity contribution < 1.29 is 19.2 Å². The summed E-state index contributed by atoms with van der Waals surface area (Å²) in [5, 5.41) is 0. The highest BCUT2D eigenvalue weighted by molar-refractivity contribution is 5.40. The van der Waals surface area contributed by atoms with Crippen LogP contribution in [0.5, 0.6) is 0 Å². The minimum atomic E-state index is -0.986. The Morgan fingerprint density at radius 1 is 0.793 bits per heavy atom. The van der Waals surface area contributed by atoms with E-state index in [0.29, 0.717) is 25.7 Å². The number of isocyanates is 4. The number of rotatable bonds is 6. The molecule has 0 heterocycles. The van der Waals surface area contributed by atoms with Crippen LogP contribution in [0.2, 0.25) is 0 Å². The second kappa shape index (κ2) is 8.49. The van der Waals surface area contributed by atoms with E-state index in [2.05, 4.69) is 33.8 Å². The lowest BCUT2D eigenvalue weighted by molar-refractivity contribution is -0.0565. The minimum absolute atomic E-state index is 0.245. The monoisotopic (exact) mass is 400 g/mol. The number of carbonyl (C=O) groups excluding carboxylic acids is 4. The van der Waals surface area contributed by atoms with E-state index < -0.39 is 28.5 Å². The van der Waals surface area contributed by atoms with E-state index >= 15 is 0 Å². The Kier molecular flexibility index (Phi) is 6.67. The van der Waals surface area contributed by atoms with Crippen molar-refractivity contribution in [3.05, 3.63) is 0 Å². The van der Waals surface area contributed by atoms with Crippen molar-refractivity contribution in [3.63, 3.8) is 0 Å². The molecule has 0 radical (unpaired) electrons. The lowest BCUT2D eigenvalue weighted by Gasteiger charge is -2.60. The van der Waals surface area contributed by atoms with Crippen molar-refractivity contribution in [2.45, 2.75) is 83.8 Å². The Balaban J connectivity index is 2.76. The van der Waals surface area contributed by atoms with Crippen molar-refractivity contribution in [2.75, 3.05) is 6.54 Å². The van der Waals surface area contributed by atoms with Crippen LogP contribution < -0.4 is 0 Å². The molecule has 2 saturated carbocycles.